The van der Waals surface area contributed by atoms with Gasteiger partial charge in [-0.2, -0.15) is 0 Å². The molecule has 172 valence electrons. The summed E-state index contributed by atoms with van der Waals surface area (Å²) in [5.74, 6) is 0.469. The van der Waals surface area contributed by atoms with Crippen molar-refractivity contribution >= 4 is 17.3 Å². The fraction of sp³-hybridized carbons (Fsp3) is 0.458. The van der Waals surface area contributed by atoms with Gasteiger partial charge in [-0.15, -0.1) is 0 Å². The summed E-state index contributed by atoms with van der Waals surface area (Å²) in [4.78, 5) is 28.5. The van der Waals surface area contributed by atoms with Crippen LogP contribution in [0.25, 0.3) is 0 Å². The van der Waals surface area contributed by atoms with E-state index < -0.39 is 4.92 Å². The summed E-state index contributed by atoms with van der Waals surface area (Å²) < 4.78 is 5.38. The second-order valence-corrected chi connectivity index (χ2v) is 7.88. The maximum Gasteiger partial charge on any atom is 0.270 e. The Hall–Kier alpha value is -3.13. The fourth-order valence-electron chi connectivity index (χ4n) is 4.31. The number of carbonyl (C=O) groups excluding carboxylic acids is 1. The number of nitro benzene ring substituents is 1. The van der Waals surface area contributed by atoms with Gasteiger partial charge in [-0.05, 0) is 49.7 Å². The third-order valence-electron chi connectivity index (χ3n) is 6.07. The van der Waals surface area contributed by atoms with Crippen molar-refractivity contribution in [2.75, 3.05) is 44.7 Å². The minimum absolute atomic E-state index is 0.0435. The number of carbonyl (C=O) groups is 1. The van der Waals surface area contributed by atoms with E-state index in [1.54, 1.807) is 13.2 Å². The van der Waals surface area contributed by atoms with Crippen molar-refractivity contribution in [2.24, 2.45) is 0 Å². The molecule has 1 N–H and O–H groups in total. The molecule has 0 radical (unpaired) electrons. The van der Waals surface area contributed by atoms with Crippen molar-refractivity contribution in [2.45, 2.75) is 32.7 Å². The number of benzene rings is 2. The molecule has 1 aliphatic rings. The summed E-state index contributed by atoms with van der Waals surface area (Å²) in [5.41, 5.74) is 2.08. The van der Waals surface area contributed by atoms with Crippen LogP contribution in [-0.2, 0) is 0 Å². The van der Waals surface area contributed by atoms with Crippen LogP contribution in [0.1, 0.15) is 48.7 Å². The first-order valence-electron chi connectivity index (χ1n) is 11.2. The quantitative estimate of drug-likeness (QED) is 0.444. The van der Waals surface area contributed by atoms with Gasteiger partial charge in [0.05, 0.1) is 29.3 Å². The largest absolute Gasteiger partial charge is 0.497 e. The smallest absolute Gasteiger partial charge is 0.270 e. The molecule has 1 fully saturated rings. The minimum Gasteiger partial charge on any atom is -0.497 e. The van der Waals surface area contributed by atoms with Gasteiger partial charge in [0.15, 0.2) is 0 Å². The fourth-order valence-corrected chi connectivity index (χ4v) is 4.31. The lowest BCUT2D eigenvalue weighted by Gasteiger charge is -2.30. The van der Waals surface area contributed by atoms with Crippen molar-refractivity contribution < 1.29 is 14.5 Å². The average molecular weight is 441 g/mol. The third-order valence-corrected chi connectivity index (χ3v) is 6.07. The van der Waals surface area contributed by atoms with Crippen LogP contribution in [0, 0.1) is 10.1 Å². The van der Waals surface area contributed by atoms with Gasteiger partial charge in [0, 0.05) is 31.8 Å². The third kappa shape index (κ3) is 5.37. The molecule has 3 rings (SSSR count). The molecule has 0 aliphatic carbocycles. The van der Waals surface area contributed by atoms with Gasteiger partial charge in [0.1, 0.15) is 5.75 Å². The number of nitrogens with one attached hydrogen (secondary N) is 1. The standard InChI is InChI=1S/C24H32N4O4/c1-4-26(5-2)23(18-9-8-10-20(15-18)32-3)17-25-24(29)21-16-19(28(30)31)11-12-22(21)27-13-6-7-14-27/h8-12,15-16,23H,4-7,13-14,17H2,1-3H3,(H,25,29). The van der Waals surface area contributed by atoms with E-state index in [-0.39, 0.29) is 17.6 Å². The molecule has 1 atom stereocenters. The van der Waals surface area contributed by atoms with Gasteiger partial charge in [0.2, 0.25) is 0 Å². The normalized spacial score (nSPS) is 14.4. The molecule has 1 unspecified atom stereocenters. The first kappa shape index (κ1) is 23.5. The average Bonchev–Trinajstić information content (AvgIpc) is 3.36. The highest BCUT2D eigenvalue weighted by molar-refractivity contribution is 6.00. The van der Waals surface area contributed by atoms with E-state index in [1.807, 2.05) is 24.3 Å². The maximum atomic E-state index is 13.3. The van der Waals surface area contributed by atoms with E-state index in [0.717, 1.165) is 56.0 Å². The van der Waals surface area contributed by atoms with Gasteiger partial charge in [0.25, 0.3) is 11.6 Å². The summed E-state index contributed by atoms with van der Waals surface area (Å²) in [7, 11) is 1.63. The number of methoxy groups -OCH3 is 1. The van der Waals surface area contributed by atoms with Crippen molar-refractivity contribution in [1.29, 1.82) is 0 Å². The number of hydrogen-bond donors (Lipinski definition) is 1. The van der Waals surface area contributed by atoms with Crippen molar-refractivity contribution in [3.8, 4) is 5.75 Å². The Labute approximate surface area is 189 Å². The first-order chi connectivity index (χ1) is 15.5. The predicted molar refractivity (Wildman–Crippen MR) is 126 cm³/mol. The number of non-ortho nitro benzene ring substituents is 1. The predicted octanol–water partition coefficient (Wildman–Crippen LogP) is 4.02. The molecular weight excluding hydrogens is 408 g/mol. The van der Waals surface area contributed by atoms with Crippen LogP contribution in [-0.4, -0.2) is 55.6 Å². The Bertz CT molecular complexity index is 939. The van der Waals surface area contributed by atoms with Crippen molar-refractivity contribution in [3.05, 3.63) is 63.7 Å². The number of nitrogens with zero attached hydrogens (tertiary/aromatic N) is 3. The lowest BCUT2D eigenvalue weighted by molar-refractivity contribution is -0.384. The molecule has 0 aromatic heterocycles. The number of rotatable bonds is 10. The first-order valence-corrected chi connectivity index (χ1v) is 11.2. The highest BCUT2D eigenvalue weighted by Gasteiger charge is 2.24. The number of nitro groups is 1. The van der Waals surface area contributed by atoms with Crippen LogP contribution >= 0.6 is 0 Å². The second kappa shape index (κ2) is 10.9. The van der Waals surface area contributed by atoms with Gasteiger partial charge >= 0.3 is 0 Å². The zero-order valence-corrected chi connectivity index (χ0v) is 19.0. The SMILES string of the molecule is CCN(CC)C(CNC(=O)c1cc([N+](=O)[O-])ccc1N1CCCC1)c1cccc(OC)c1. The Morgan fingerprint density at radius 1 is 1.19 bits per heavy atom. The number of ether oxygens (including phenoxy) is 1. The highest BCUT2D eigenvalue weighted by atomic mass is 16.6. The summed E-state index contributed by atoms with van der Waals surface area (Å²) >= 11 is 0. The molecule has 0 spiro atoms. The summed E-state index contributed by atoms with van der Waals surface area (Å²) in [6.45, 7) is 7.91. The Morgan fingerprint density at radius 2 is 1.91 bits per heavy atom. The van der Waals surface area contributed by atoms with Crippen LogP contribution in [0.5, 0.6) is 5.75 Å². The summed E-state index contributed by atoms with van der Waals surface area (Å²) in [6.07, 6.45) is 2.11. The maximum absolute atomic E-state index is 13.3. The molecule has 1 heterocycles. The molecule has 2 aromatic carbocycles. The van der Waals surface area contributed by atoms with Crippen LogP contribution in [0.4, 0.5) is 11.4 Å². The van der Waals surface area contributed by atoms with E-state index in [0.29, 0.717) is 12.1 Å². The van der Waals surface area contributed by atoms with Gasteiger partial charge < -0.3 is 15.0 Å². The van der Waals surface area contributed by atoms with E-state index in [4.69, 9.17) is 4.74 Å². The molecule has 1 amide bonds. The summed E-state index contributed by atoms with van der Waals surface area (Å²) in [6, 6.07) is 12.4. The molecule has 32 heavy (non-hydrogen) atoms. The van der Waals surface area contributed by atoms with Crippen LogP contribution in [0.15, 0.2) is 42.5 Å². The Morgan fingerprint density at radius 3 is 2.53 bits per heavy atom. The zero-order chi connectivity index (χ0) is 23.1. The second-order valence-electron chi connectivity index (χ2n) is 7.88. The molecule has 0 bridgehead atoms. The number of hydrogen-bond acceptors (Lipinski definition) is 6. The summed E-state index contributed by atoms with van der Waals surface area (Å²) in [5, 5.41) is 14.4. The van der Waals surface area contributed by atoms with Crippen molar-refractivity contribution in [3.63, 3.8) is 0 Å². The van der Waals surface area contributed by atoms with Gasteiger partial charge in [-0.3, -0.25) is 19.8 Å². The molecule has 1 saturated heterocycles. The molecule has 0 saturated carbocycles. The number of anilines is 1. The Balaban J connectivity index is 1.86. The zero-order valence-electron chi connectivity index (χ0n) is 19.0. The lowest BCUT2D eigenvalue weighted by Crippen LogP contribution is -2.38. The molecule has 8 heteroatoms. The molecule has 8 nitrogen and oxygen atoms in total. The molecular formula is C24H32N4O4. The molecule has 2 aromatic rings. The Kier molecular flexibility index (Phi) is 8.05. The van der Waals surface area contributed by atoms with Crippen LogP contribution in [0.3, 0.4) is 0 Å². The van der Waals surface area contributed by atoms with Crippen molar-refractivity contribution in [1.82, 2.24) is 10.2 Å². The van der Waals surface area contributed by atoms with E-state index >= 15 is 0 Å². The highest BCUT2D eigenvalue weighted by Crippen LogP contribution is 2.29. The number of likely N-dealkylation sites (N-methyl/N-ethyl adjacent to an activating group) is 1. The van der Waals surface area contributed by atoms with E-state index in [9.17, 15) is 14.9 Å². The molecule has 1 aliphatic heterocycles. The van der Waals surface area contributed by atoms with Gasteiger partial charge in [-0.25, -0.2) is 0 Å². The minimum atomic E-state index is -0.459. The van der Waals surface area contributed by atoms with Crippen LogP contribution in [0.2, 0.25) is 0 Å². The van der Waals surface area contributed by atoms with E-state index in [2.05, 4.69) is 29.0 Å². The number of amides is 1. The van der Waals surface area contributed by atoms with Gasteiger partial charge in [-0.1, -0.05) is 26.0 Å². The van der Waals surface area contributed by atoms with E-state index in [1.165, 1.54) is 12.1 Å². The van der Waals surface area contributed by atoms with Crippen LogP contribution < -0.4 is 15.0 Å². The monoisotopic (exact) mass is 440 g/mol. The lowest BCUT2D eigenvalue weighted by atomic mass is 10.0. The topological polar surface area (TPSA) is 88.0 Å².